The third-order valence-corrected chi connectivity index (χ3v) is 7.34. The molecule has 162 valence electrons. The molecule has 0 bridgehead atoms. The van der Waals surface area contributed by atoms with Crippen molar-refractivity contribution in [1.29, 1.82) is 0 Å². The highest BCUT2D eigenvalue weighted by atomic mass is 35.5. The molecular formula is C23H14ClF3N2O2S. The molecule has 1 saturated heterocycles. The smallest absolute Gasteiger partial charge is 0.269 e. The largest absolute Gasteiger partial charge is 0.304 e. The average molecular weight is 475 g/mol. The minimum absolute atomic E-state index is 0.0344. The van der Waals surface area contributed by atoms with E-state index >= 15 is 0 Å². The van der Waals surface area contributed by atoms with Gasteiger partial charge in [0.15, 0.2) is 11.6 Å². The Morgan fingerprint density at radius 3 is 2.47 bits per heavy atom. The summed E-state index contributed by atoms with van der Waals surface area (Å²) >= 11 is 7.28. The molecule has 0 aromatic heterocycles. The molecule has 3 aromatic carbocycles. The number of nitrogens with zero attached hydrogens (tertiary/aromatic N) is 2. The molecule has 0 aliphatic carbocycles. The summed E-state index contributed by atoms with van der Waals surface area (Å²) in [5.41, 5.74) is 1.21. The van der Waals surface area contributed by atoms with Crippen LogP contribution in [0.3, 0.4) is 0 Å². The molecule has 2 aliphatic rings. The number of rotatable bonds is 3. The highest BCUT2D eigenvalue weighted by Crippen LogP contribution is 2.56. The van der Waals surface area contributed by atoms with Gasteiger partial charge in [0.25, 0.3) is 5.91 Å². The Balaban J connectivity index is 1.66. The van der Waals surface area contributed by atoms with Crippen LogP contribution in [0.15, 0.2) is 60.7 Å². The van der Waals surface area contributed by atoms with Crippen LogP contribution in [0.2, 0.25) is 5.02 Å². The first-order valence-corrected chi connectivity index (χ1v) is 11.0. The summed E-state index contributed by atoms with van der Waals surface area (Å²) in [6.07, 6.45) is 0. The number of anilines is 2. The molecule has 1 spiro atoms. The zero-order chi connectivity index (χ0) is 22.6. The van der Waals surface area contributed by atoms with Crippen LogP contribution in [0.4, 0.5) is 24.5 Å². The van der Waals surface area contributed by atoms with Crippen LogP contribution in [-0.2, 0) is 21.0 Å². The number of hydrogen-bond donors (Lipinski definition) is 0. The fourth-order valence-electron chi connectivity index (χ4n) is 4.18. The topological polar surface area (TPSA) is 40.6 Å². The summed E-state index contributed by atoms with van der Waals surface area (Å²) in [6.45, 7) is -0.149. The molecule has 3 aromatic rings. The SMILES string of the molecule is O=C1CS[C@@]2(C(=O)N(Cc3c(F)cccc3Cl)c3ccccc32)N1c1ccc(F)c(F)c1. The second-order valence-corrected chi connectivity index (χ2v) is 8.94. The van der Waals surface area contributed by atoms with Crippen LogP contribution in [-0.4, -0.2) is 17.6 Å². The van der Waals surface area contributed by atoms with Crippen LogP contribution >= 0.6 is 23.4 Å². The normalized spacial score (nSPS) is 19.9. The Bertz CT molecular complexity index is 1270. The lowest BCUT2D eigenvalue weighted by Gasteiger charge is -2.33. The van der Waals surface area contributed by atoms with Crippen molar-refractivity contribution in [3.05, 3.63) is 94.3 Å². The van der Waals surface area contributed by atoms with Crippen LogP contribution in [0.1, 0.15) is 11.1 Å². The monoisotopic (exact) mass is 474 g/mol. The van der Waals surface area contributed by atoms with Gasteiger partial charge < -0.3 is 4.90 Å². The summed E-state index contributed by atoms with van der Waals surface area (Å²) in [5.74, 6) is -3.69. The van der Waals surface area contributed by atoms with Crippen molar-refractivity contribution in [3.63, 3.8) is 0 Å². The van der Waals surface area contributed by atoms with Gasteiger partial charge in [-0.05, 0) is 30.3 Å². The van der Waals surface area contributed by atoms with Gasteiger partial charge in [-0.1, -0.05) is 35.9 Å². The summed E-state index contributed by atoms with van der Waals surface area (Å²) < 4.78 is 42.0. The Hall–Kier alpha value is -2.97. The standard InChI is InChI=1S/C23H14ClF3N2O2S/c24-16-5-3-6-17(25)14(16)11-28-20-7-2-1-4-15(20)23(22(28)31)29(21(30)12-32-23)13-8-9-18(26)19(27)10-13/h1-10H,11-12H2/t23-/m0/s1. The molecule has 5 rings (SSSR count). The number of para-hydroxylation sites is 1. The van der Waals surface area contributed by atoms with Crippen LogP contribution in [0.5, 0.6) is 0 Å². The molecular weight excluding hydrogens is 461 g/mol. The van der Waals surface area contributed by atoms with E-state index in [9.17, 15) is 22.8 Å². The lowest BCUT2D eigenvalue weighted by Crippen LogP contribution is -2.49. The number of hydrogen-bond acceptors (Lipinski definition) is 3. The van der Waals surface area contributed by atoms with Crippen LogP contribution in [0.25, 0.3) is 0 Å². The Morgan fingerprint density at radius 1 is 0.938 bits per heavy atom. The van der Waals surface area contributed by atoms with E-state index in [4.69, 9.17) is 11.6 Å². The van der Waals surface area contributed by atoms with E-state index in [-0.39, 0.29) is 28.6 Å². The van der Waals surface area contributed by atoms with Crippen LogP contribution in [0, 0.1) is 17.5 Å². The molecule has 1 fully saturated rings. The molecule has 2 aliphatic heterocycles. The Kier molecular flexibility index (Phi) is 4.94. The van der Waals surface area contributed by atoms with Crippen molar-refractivity contribution in [2.24, 2.45) is 0 Å². The number of thioether (sulfide) groups is 1. The van der Waals surface area contributed by atoms with Crippen molar-refractivity contribution in [1.82, 2.24) is 0 Å². The fourth-order valence-corrected chi connectivity index (χ4v) is 5.76. The average Bonchev–Trinajstić information content (AvgIpc) is 3.23. The Morgan fingerprint density at radius 2 is 1.72 bits per heavy atom. The highest BCUT2D eigenvalue weighted by molar-refractivity contribution is 8.02. The lowest BCUT2D eigenvalue weighted by atomic mass is 10.0. The maximum Gasteiger partial charge on any atom is 0.269 e. The molecule has 0 saturated carbocycles. The van der Waals surface area contributed by atoms with E-state index in [1.165, 1.54) is 34.1 Å². The van der Waals surface area contributed by atoms with Crippen molar-refractivity contribution >= 4 is 46.6 Å². The maximum atomic E-state index is 14.5. The van der Waals surface area contributed by atoms with E-state index in [2.05, 4.69) is 0 Å². The van der Waals surface area contributed by atoms with Gasteiger partial charge in [-0.15, -0.1) is 11.8 Å². The maximum absolute atomic E-state index is 14.5. The van der Waals surface area contributed by atoms with E-state index in [1.807, 2.05) is 0 Å². The van der Waals surface area contributed by atoms with E-state index < -0.39 is 34.1 Å². The third-order valence-electron chi connectivity index (χ3n) is 5.60. The molecule has 1 atom stereocenters. The molecule has 2 amide bonds. The van der Waals surface area contributed by atoms with E-state index in [0.29, 0.717) is 11.3 Å². The van der Waals surface area contributed by atoms with Crippen molar-refractivity contribution < 1.29 is 22.8 Å². The third kappa shape index (κ3) is 2.93. The zero-order valence-electron chi connectivity index (χ0n) is 16.3. The Labute approximate surface area is 190 Å². The first kappa shape index (κ1) is 20.9. The number of carbonyl (C=O) groups excluding carboxylic acids is 2. The summed E-state index contributed by atoms with van der Waals surface area (Å²) in [5, 5.41) is 0.170. The summed E-state index contributed by atoms with van der Waals surface area (Å²) in [4.78, 5) is 27.8. The van der Waals surface area contributed by atoms with Gasteiger partial charge in [0.2, 0.25) is 10.8 Å². The molecule has 4 nitrogen and oxygen atoms in total. The molecule has 2 heterocycles. The first-order valence-electron chi connectivity index (χ1n) is 9.61. The van der Waals surface area contributed by atoms with Gasteiger partial charge in [0.1, 0.15) is 5.82 Å². The summed E-state index contributed by atoms with van der Waals surface area (Å²) in [6, 6.07) is 14.2. The minimum Gasteiger partial charge on any atom is -0.304 e. The minimum atomic E-state index is -1.52. The van der Waals surface area contributed by atoms with Gasteiger partial charge in [-0.25, -0.2) is 13.2 Å². The zero-order valence-corrected chi connectivity index (χ0v) is 17.9. The number of halogens is 4. The molecule has 0 radical (unpaired) electrons. The predicted octanol–water partition coefficient (Wildman–Crippen LogP) is 5.24. The lowest BCUT2D eigenvalue weighted by molar-refractivity contribution is -0.123. The number of amides is 2. The molecule has 0 unspecified atom stereocenters. The van der Waals surface area contributed by atoms with Crippen molar-refractivity contribution in [2.45, 2.75) is 11.4 Å². The molecule has 32 heavy (non-hydrogen) atoms. The van der Waals surface area contributed by atoms with Gasteiger partial charge in [0, 0.05) is 27.9 Å². The van der Waals surface area contributed by atoms with Crippen molar-refractivity contribution in [2.75, 3.05) is 15.6 Å². The fraction of sp³-hybridized carbons (Fsp3) is 0.130. The number of benzene rings is 3. The van der Waals surface area contributed by atoms with E-state index in [1.54, 1.807) is 24.3 Å². The van der Waals surface area contributed by atoms with Gasteiger partial charge in [-0.2, -0.15) is 0 Å². The molecule has 0 N–H and O–H groups in total. The highest BCUT2D eigenvalue weighted by Gasteiger charge is 2.61. The quantitative estimate of drug-likeness (QED) is 0.521. The van der Waals surface area contributed by atoms with Gasteiger partial charge >= 0.3 is 0 Å². The predicted molar refractivity (Wildman–Crippen MR) is 117 cm³/mol. The number of carbonyl (C=O) groups is 2. The van der Waals surface area contributed by atoms with Gasteiger partial charge in [0.05, 0.1) is 18.0 Å². The van der Waals surface area contributed by atoms with Crippen LogP contribution < -0.4 is 9.80 Å². The van der Waals surface area contributed by atoms with Crippen molar-refractivity contribution in [3.8, 4) is 0 Å². The molecule has 9 heteroatoms. The first-order chi connectivity index (χ1) is 15.3. The summed E-state index contributed by atoms with van der Waals surface area (Å²) in [7, 11) is 0. The second-order valence-electron chi connectivity index (χ2n) is 7.37. The number of fused-ring (bicyclic) bond motifs is 2. The second kappa shape index (κ2) is 7.56. The van der Waals surface area contributed by atoms with E-state index in [0.717, 1.165) is 23.9 Å². The van der Waals surface area contributed by atoms with Gasteiger partial charge in [-0.3, -0.25) is 14.5 Å².